The Morgan fingerprint density at radius 3 is 2.96 bits per heavy atom. The van der Waals surface area contributed by atoms with Crippen molar-refractivity contribution in [2.75, 3.05) is 13.7 Å². The second-order valence-corrected chi connectivity index (χ2v) is 5.70. The Labute approximate surface area is 134 Å². The first-order chi connectivity index (χ1) is 11.1. The second-order valence-electron chi connectivity index (χ2n) is 5.70. The van der Waals surface area contributed by atoms with Crippen molar-refractivity contribution in [1.82, 2.24) is 0 Å². The van der Waals surface area contributed by atoms with Crippen molar-refractivity contribution in [3.63, 3.8) is 0 Å². The number of hydrogen-bond donors (Lipinski definition) is 1. The Balaban J connectivity index is 1.80. The molecule has 3 rings (SSSR count). The lowest BCUT2D eigenvalue weighted by molar-refractivity contribution is 0.0995. The normalized spacial score (nSPS) is 16.3. The van der Waals surface area contributed by atoms with Crippen molar-refractivity contribution in [2.45, 2.75) is 12.8 Å². The van der Waals surface area contributed by atoms with Gasteiger partial charge in [0.15, 0.2) is 0 Å². The van der Waals surface area contributed by atoms with E-state index in [1.54, 1.807) is 19.2 Å². The van der Waals surface area contributed by atoms with Gasteiger partial charge in [0.2, 0.25) is 0 Å². The highest BCUT2D eigenvalue weighted by molar-refractivity contribution is 5.94. The number of nitrogens with two attached hydrogens (primary N) is 1. The smallest absolute Gasteiger partial charge is 0.251 e. The molecule has 2 N–H and O–H groups in total. The third kappa shape index (κ3) is 3.13. The zero-order valence-electron chi connectivity index (χ0n) is 12.8. The maximum atomic E-state index is 13.8. The number of ether oxygens (including phenoxy) is 2. The molecular weight excluding hydrogens is 297 g/mol. The summed E-state index contributed by atoms with van der Waals surface area (Å²) in [5.74, 6) is 0.422. The maximum Gasteiger partial charge on any atom is 0.251 e. The predicted octanol–water partition coefficient (Wildman–Crippen LogP) is 2.73. The van der Waals surface area contributed by atoms with Crippen LogP contribution in [0.5, 0.6) is 11.5 Å². The highest BCUT2D eigenvalue weighted by Crippen LogP contribution is 2.32. The van der Waals surface area contributed by atoms with E-state index in [1.165, 1.54) is 6.07 Å². The van der Waals surface area contributed by atoms with Gasteiger partial charge in [-0.05, 0) is 36.1 Å². The zero-order chi connectivity index (χ0) is 16.4. The molecule has 0 saturated heterocycles. The molecule has 1 amide bonds. The fourth-order valence-electron chi connectivity index (χ4n) is 3.00. The van der Waals surface area contributed by atoms with Crippen LogP contribution in [0.4, 0.5) is 4.39 Å². The zero-order valence-corrected chi connectivity index (χ0v) is 12.8. The van der Waals surface area contributed by atoms with Crippen LogP contribution < -0.4 is 15.2 Å². The molecule has 1 unspecified atom stereocenters. The van der Waals surface area contributed by atoms with Gasteiger partial charge in [0.1, 0.15) is 17.3 Å². The number of primary amides is 1. The minimum atomic E-state index is -0.736. The predicted molar refractivity (Wildman–Crippen MR) is 84.3 cm³/mol. The van der Waals surface area contributed by atoms with Crippen LogP contribution in [-0.2, 0) is 12.8 Å². The summed E-state index contributed by atoms with van der Waals surface area (Å²) >= 11 is 0. The van der Waals surface area contributed by atoms with E-state index in [-0.39, 0.29) is 11.5 Å². The molecule has 0 aliphatic carbocycles. The molecule has 0 fully saturated rings. The van der Waals surface area contributed by atoms with Crippen molar-refractivity contribution in [2.24, 2.45) is 11.7 Å². The highest BCUT2D eigenvalue weighted by Gasteiger charge is 2.23. The first-order valence-corrected chi connectivity index (χ1v) is 7.45. The Morgan fingerprint density at radius 2 is 2.22 bits per heavy atom. The van der Waals surface area contributed by atoms with Crippen molar-refractivity contribution in [3.8, 4) is 11.5 Å². The van der Waals surface area contributed by atoms with Crippen LogP contribution in [0.3, 0.4) is 0 Å². The highest BCUT2D eigenvalue weighted by atomic mass is 19.1. The SMILES string of the molecule is COc1ccc2c(c1)OCC(Cc1cccc(F)c1C(N)=O)C2. The van der Waals surface area contributed by atoms with Crippen LogP contribution in [0, 0.1) is 11.7 Å². The van der Waals surface area contributed by atoms with Crippen molar-refractivity contribution in [1.29, 1.82) is 0 Å². The molecule has 4 nitrogen and oxygen atoms in total. The molecule has 1 aliphatic heterocycles. The summed E-state index contributed by atoms with van der Waals surface area (Å²) in [7, 11) is 1.61. The van der Waals surface area contributed by atoms with E-state index >= 15 is 0 Å². The molecule has 5 heteroatoms. The number of rotatable bonds is 4. The number of methoxy groups -OCH3 is 1. The molecule has 0 saturated carbocycles. The second kappa shape index (κ2) is 6.28. The lowest BCUT2D eigenvalue weighted by Gasteiger charge is -2.26. The Morgan fingerprint density at radius 1 is 1.39 bits per heavy atom. The van der Waals surface area contributed by atoms with Crippen LogP contribution in [0.1, 0.15) is 21.5 Å². The van der Waals surface area contributed by atoms with Crippen molar-refractivity contribution in [3.05, 3.63) is 58.9 Å². The van der Waals surface area contributed by atoms with E-state index in [4.69, 9.17) is 15.2 Å². The molecule has 0 bridgehead atoms. The molecule has 1 aliphatic rings. The van der Waals surface area contributed by atoms with Gasteiger partial charge in [0, 0.05) is 12.0 Å². The van der Waals surface area contributed by atoms with Crippen molar-refractivity contribution < 1.29 is 18.7 Å². The van der Waals surface area contributed by atoms with E-state index in [0.29, 0.717) is 18.6 Å². The summed E-state index contributed by atoms with van der Waals surface area (Å²) in [6.07, 6.45) is 1.34. The van der Waals surface area contributed by atoms with E-state index in [2.05, 4.69) is 0 Å². The molecule has 0 radical (unpaired) electrons. The largest absolute Gasteiger partial charge is 0.497 e. The number of carbonyl (C=O) groups is 1. The molecule has 1 atom stereocenters. The number of carbonyl (C=O) groups excluding carboxylic acids is 1. The van der Waals surface area contributed by atoms with Gasteiger partial charge < -0.3 is 15.2 Å². The molecule has 0 spiro atoms. The molecular formula is C18H18FNO3. The fourth-order valence-corrected chi connectivity index (χ4v) is 3.00. The van der Waals surface area contributed by atoms with Crippen LogP contribution in [0.2, 0.25) is 0 Å². The Kier molecular flexibility index (Phi) is 4.19. The summed E-state index contributed by atoms with van der Waals surface area (Å²) in [5.41, 5.74) is 6.99. The van der Waals surface area contributed by atoms with Crippen LogP contribution in [0.25, 0.3) is 0 Å². The summed E-state index contributed by atoms with van der Waals surface area (Å²) in [5, 5.41) is 0. The molecule has 0 aromatic heterocycles. The summed E-state index contributed by atoms with van der Waals surface area (Å²) < 4.78 is 24.8. The number of amides is 1. The van der Waals surface area contributed by atoms with Gasteiger partial charge in [-0.15, -0.1) is 0 Å². The lowest BCUT2D eigenvalue weighted by Crippen LogP contribution is -2.25. The summed E-state index contributed by atoms with van der Waals surface area (Å²) in [4.78, 5) is 11.5. The van der Waals surface area contributed by atoms with Gasteiger partial charge in [-0.2, -0.15) is 0 Å². The van der Waals surface area contributed by atoms with Gasteiger partial charge in [-0.3, -0.25) is 4.79 Å². The lowest BCUT2D eigenvalue weighted by atomic mass is 9.89. The Hall–Kier alpha value is -2.56. The van der Waals surface area contributed by atoms with E-state index in [0.717, 1.165) is 23.5 Å². The quantitative estimate of drug-likeness (QED) is 0.943. The van der Waals surface area contributed by atoms with Gasteiger partial charge >= 0.3 is 0 Å². The molecule has 2 aromatic rings. The number of hydrogen-bond acceptors (Lipinski definition) is 3. The molecule has 120 valence electrons. The Bertz CT molecular complexity index is 745. The number of fused-ring (bicyclic) bond motifs is 1. The van der Waals surface area contributed by atoms with Crippen LogP contribution in [-0.4, -0.2) is 19.6 Å². The average molecular weight is 315 g/mol. The van der Waals surface area contributed by atoms with E-state index < -0.39 is 11.7 Å². The van der Waals surface area contributed by atoms with Crippen LogP contribution in [0.15, 0.2) is 36.4 Å². The first-order valence-electron chi connectivity index (χ1n) is 7.45. The van der Waals surface area contributed by atoms with E-state index in [9.17, 15) is 9.18 Å². The third-order valence-electron chi connectivity index (χ3n) is 4.11. The van der Waals surface area contributed by atoms with Crippen LogP contribution >= 0.6 is 0 Å². The molecule has 2 aromatic carbocycles. The molecule has 23 heavy (non-hydrogen) atoms. The third-order valence-corrected chi connectivity index (χ3v) is 4.11. The topological polar surface area (TPSA) is 61.6 Å². The average Bonchev–Trinajstić information content (AvgIpc) is 2.54. The monoisotopic (exact) mass is 315 g/mol. The summed E-state index contributed by atoms with van der Waals surface area (Å²) in [6, 6.07) is 10.3. The van der Waals surface area contributed by atoms with Gasteiger partial charge in [-0.25, -0.2) is 4.39 Å². The van der Waals surface area contributed by atoms with Gasteiger partial charge in [-0.1, -0.05) is 18.2 Å². The maximum absolute atomic E-state index is 13.8. The van der Waals surface area contributed by atoms with Gasteiger partial charge in [0.25, 0.3) is 5.91 Å². The molecule has 1 heterocycles. The first kappa shape index (κ1) is 15.3. The number of benzene rings is 2. The number of halogens is 1. The van der Waals surface area contributed by atoms with Gasteiger partial charge in [0.05, 0.1) is 19.3 Å². The minimum absolute atomic E-state index is 0.0203. The minimum Gasteiger partial charge on any atom is -0.497 e. The fraction of sp³-hybridized carbons (Fsp3) is 0.278. The van der Waals surface area contributed by atoms with Crippen molar-refractivity contribution >= 4 is 5.91 Å². The van der Waals surface area contributed by atoms with E-state index in [1.807, 2.05) is 18.2 Å². The summed E-state index contributed by atoms with van der Waals surface area (Å²) in [6.45, 7) is 0.509. The standard InChI is InChI=1S/C18H18FNO3/c1-22-14-6-5-12-7-11(10-23-16(12)9-14)8-13-3-2-4-15(19)17(13)18(20)21/h2-6,9,11H,7-8,10H2,1H3,(H2,20,21).